The third kappa shape index (κ3) is 4.43. The monoisotopic (exact) mass is 202 g/mol. The minimum atomic E-state index is -0.328. The molecule has 0 atom stereocenters. The van der Waals surface area contributed by atoms with Gasteiger partial charge in [0.2, 0.25) is 0 Å². The number of nitrogens with one attached hydrogen (secondary N) is 2. The van der Waals surface area contributed by atoms with Crippen LogP contribution in [0.2, 0.25) is 0 Å². The third-order valence-electron chi connectivity index (χ3n) is 2.24. The summed E-state index contributed by atoms with van der Waals surface area (Å²) in [5.41, 5.74) is 2.35. The molecule has 0 aliphatic heterocycles. The number of aliphatic hydroxyl groups is 1. The molecule has 0 saturated heterocycles. The molecule has 0 unspecified atom stereocenters. The van der Waals surface area contributed by atoms with Gasteiger partial charge in [0, 0.05) is 13.2 Å². The lowest BCUT2D eigenvalue weighted by Gasteiger charge is -2.11. The van der Waals surface area contributed by atoms with Crippen LogP contribution in [-0.4, -0.2) is 30.4 Å². The number of carbonyl (C=O) groups is 1. The molecule has 2 amide bonds. The summed E-state index contributed by atoms with van der Waals surface area (Å²) in [4.78, 5) is 16.2. The Bertz CT molecular complexity index is 169. The van der Waals surface area contributed by atoms with Gasteiger partial charge in [0.15, 0.2) is 0 Å². The SMILES string of the molecule is O=C(NCCCO)NOC1CCCC1. The topological polar surface area (TPSA) is 70.6 Å². The Morgan fingerprint density at radius 2 is 2.14 bits per heavy atom. The number of hydrogen-bond acceptors (Lipinski definition) is 3. The fourth-order valence-electron chi connectivity index (χ4n) is 1.46. The highest BCUT2D eigenvalue weighted by Gasteiger charge is 2.16. The Morgan fingerprint density at radius 1 is 1.43 bits per heavy atom. The number of aliphatic hydroxyl groups excluding tert-OH is 1. The summed E-state index contributed by atoms with van der Waals surface area (Å²) in [5, 5.41) is 11.1. The van der Waals surface area contributed by atoms with Crippen LogP contribution in [0.3, 0.4) is 0 Å². The van der Waals surface area contributed by atoms with Gasteiger partial charge < -0.3 is 10.4 Å². The van der Waals surface area contributed by atoms with E-state index in [1.807, 2.05) is 0 Å². The maximum Gasteiger partial charge on any atom is 0.338 e. The van der Waals surface area contributed by atoms with E-state index in [4.69, 9.17) is 9.94 Å². The normalized spacial score (nSPS) is 16.9. The van der Waals surface area contributed by atoms with E-state index in [1.54, 1.807) is 0 Å². The van der Waals surface area contributed by atoms with Gasteiger partial charge in [-0.3, -0.25) is 4.84 Å². The van der Waals surface area contributed by atoms with E-state index >= 15 is 0 Å². The first-order chi connectivity index (χ1) is 6.83. The van der Waals surface area contributed by atoms with Crippen LogP contribution in [0.15, 0.2) is 0 Å². The molecule has 5 heteroatoms. The average Bonchev–Trinajstić information content (AvgIpc) is 2.68. The van der Waals surface area contributed by atoms with Gasteiger partial charge in [0.05, 0.1) is 6.10 Å². The molecular weight excluding hydrogens is 184 g/mol. The zero-order chi connectivity index (χ0) is 10.2. The summed E-state index contributed by atoms with van der Waals surface area (Å²) in [7, 11) is 0. The van der Waals surface area contributed by atoms with Crippen LogP contribution in [-0.2, 0) is 4.84 Å². The summed E-state index contributed by atoms with van der Waals surface area (Å²) in [5.74, 6) is 0. The van der Waals surface area contributed by atoms with Crippen LogP contribution in [0.1, 0.15) is 32.1 Å². The van der Waals surface area contributed by atoms with Crippen molar-refractivity contribution in [3.63, 3.8) is 0 Å². The van der Waals surface area contributed by atoms with Crippen molar-refractivity contribution in [1.82, 2.24) is 10.8 Å². The molecule has 82 valence electrons. The molecule has 0 aromatic rings. The quantitative estimate of drug-likeness (QED) is 0.450. The van der Waals surface area contributed by atoms with Gasteiger partial charge in [-0.25, -0.2) is 10.3 Å². The summed E-state index contributed by atoms with van der Waals surface area (Å²) in [6, 6.07) is -0.328. The third-order valence-corrected chi connectivity index (χ3v) is 2.24. The Kier molecular flexibility index (Phi) is 5.32. The van der Waals surface area contributed by atoms with Crippen molar-refractivity contribution < 1.29 is 14.7 Å². The lowest BCUT2D eigenvalue weighted by Crippen LogP contribution is -2.38. The van der Waals surface area contributed by atoms with E-state index in [9.17, 15) is 4.79 Å². The maximum atomic E-state index is 11.0. The maximum absolute atomic E-state index is 11.0. The molecule has 0 aromatic heterocycles. The molecule has 0 spiro atoms. The second-order valence-electron chi connectivity index (χ2n) is 3.46. The number of carbonyl (C=O) groups excluding carboxylic acids is 1. The lowest BCUT2D eigenvalue weighted by atomic mass is 10.3. The van der Waals surface area contributed by atoms with Gasteiger partial charge >= 0.3 is 6.03 Å². The van der Waals surface area contributed by atoms with E-state index < -0.39 is 0 Å². The molecule has 0 radical (unpaired) electrons. The smallest absolute Gasteiger partial charge is 0.338 e. The molecule has 0 aromatic carbocycles. The van der Waals surface area contributed by atoms with E-state index in [2.05, 4.69) is 10.8 Å². The van der Waals surface area contributed by atoms with Crippen LogP contribution in [0.4, 0.5) is 4.79 Å². The molecule has 5 nitrogen and oxygen atoms in total. The van der Waals surface area contributed by atoms with Crippen molar-refractivity contribution in [2.24, 2.45) is 0 Å². The number of hydroxylamine groups is 1. The van der Waals surface area contributed by atoms with Crippen LogP contribution in [0, 0.1) is 0 Å². The van der Waals surface area contributed by atoms with E-state index in [0.29, 0.717) is 13.0 Å². The van der Waals surface area contributed by atoms with Crippen molar-refractivity contribution in [3.8, 4) is 0 Å². The highest BCUT2D eigenvalue weighted by molar-refractivity contribution is 5.72. The van der Waals surface area contributed by atoms with Crippen LogP contribution in [0.25, 0.3) is 0 Å². The predicted molar refractivity (Wildman–Crippen MR) is 51.6 cm³/mol. The minimum Gasteiger partial charge on any atom is -0.396 e. The lowest BCUT2D eigenvalue weighted by molar-refractivity contribution is 0.000177. The largest absolute Gasteiger partial charge is 0.396 e. The molecular formula is C9H18N2O3. The standard InChI is InChI=1S/C9H18N2O3/c12-7-3-6-10-9(13)11-14-8-4-1-2-5-8/h8,12H,1-7H2,(H2,10,11,13). The summed E-state index contributed by atoms with van der Waals surface area (Å²) >= 11 is 0. The van der Waals surface area contributed by atoms with Gasteiger partial charge in [-0.15, -0.1) is 0 Å². The van der Waals surface area contributed by atoms with Crippen LogP contribution >= 0.6 is 0 Å². The predicted octanol–water partition coefficient (Wildman–Crippen LogP) is 0.542. The van der Waals surface area contributed by atoms with Crippen LogP contribution < -0.4 is 10.8 Å². The van der Waals surface area contributed by atoms with Gasteiger partial charge in [0.1, 0.15) is 0 Å². The molecule has 1 fully saturated rings. The summed E-state index contributed by atoms with van der Waals surface area (Å²) in [6.07, 6.45) is 5.15. The van der Waals surface area contributed by atoms with Crippen molar-refractivity contribution in [2.45, 2.75) is 38.2 Å². The number of hydrogen-bond donors (Lipinski definition) is 3. The van der Waals surface area contributed by atoms with Crippen LogP contribution in [0.5, 0.6) is 0 Å². The fraction of sp³-hybridized carbons (Fsp3) is 0.889. The highest BCUT2D eigenvalue weighted by Crippen LogP contribution is 2.19. The Balaban J connectivity index is 1.96. The van der Waals surface area contributed by atoms with Gasteiger partial charge in [-0.05, 0) is 19.3 Å². The molecule has 1 rings (SSSR count). The molecule has 3 N–H and O–H groups in total. The summed E-state index contributed by atoms with van der Waals surface area (Å²) < 4.78 is 0. The Morgan fingerprint density at radius 3 is 2.79 bits per heavy atom. The Hall–Kier alpha value is -0.810. The van der Waals surface area contributed by atoms with E-state index in [1.165, 1.54) is 12.8 Å². The number of rotatable bonds is 5. The molecule has 1 aliphatic rings. The minimum absolute atomic E-state index is 0.0871. The molecule has 0 heterocycles. The average molecular weight is 202 g/mol. The highest BCUT2D eigenvalue weighted by atomic mass is 16.7. The molecule has 1 saturated carbocycles. The first kappa shape index (κ1) is 11.3. The second kappa shape index (κ2) is 6.62. The van der Waals surface area contributed by atoms with E-state index in [-0.39, 0.29) is 18.7 Å². The van der Waals surface area contributed by atoms with Crippen molar-refractivity contribution >= 4 is 6.03 Å². The van der Waals surface area contributed by atoms with Crippen molar-refractivity contribution in [3.05, 3.63) is 0 Å². The first-order valence-electron chi connectivity index (χ1n) is 5.13. The van der Waals surface area contributed by atoms with Crippen molar-refractivity contribution in [2.75, 3.05) is 13.2 Å². The number of urea groups is 1. The number of amides is 2. The zero-order valence-electron chi connectivity index (χ0n) is 8.29. The zero-order valence-corrected chi connectivity index (χ0v) is 8.29. The van der Waals surface area contributed by atoms with Crippen molar-refractivity contribution in [1.29, 1.82) is 0 Å². The van der Waals surface area contributed by atoms with Gasteiger partial charge in [-0.1, -0.05) is 12.8 Å². The van der Waals surface area contributed by atoms with Gasteiger partial charge in [0.25, 0.3) is 0 Å². The first-order valence-corrected chi connectivity index (χ1v) is 5.13. The molecule has 14 heavy (non-hydrogen) atoms. The summed E-state index contributed by atoms with van der Waals surface area (Å²) in [6.45, 7) is 0.556. The molecule has 1 aliphatic carbocycles. The van der Waals surface area contributed by atoms with Gasteiger partial charge in [-0.2, -0.15) is 0 Å². The fourth-order valence-corrected chi connectivity index (χ4v) is 1.46. The second-order valence-corrected chi connectivity index (χ2v) is 3.46. The molecule has 0 bridgehead atoms. The van der Waals surface area contributed by atoms with E-state index in [0.717, 1.165) is 12.8 Å². The Labute approximate surface area is 83.8 Å².